The van der Waals surface area contributed by atoms with Crippen LogP contribution < -0.4 is 10.6 Å². The number of rotatable bonds is 2. The highest BCUT2D eigenvalue weighted by Gasteiger charge is 2.03. The number of aromatic nitrogens is 2. The van der Waals surface area contributed by atoms with Crippen molar-refractivity contribution < 1.29 is 4.79 Å². The van der Waals surface area contributed by atoms with E-state index in [1.54, 1.807) is 23.0 Å². The molecule has 0 radical (unpaired) electrons. The molecule has 2 heterocycles. The Morgan fingerprint density at radius 2 is 1.79 bits per heavy atom. The fourth-order valence-electron chi connectivity index (χ4n) is 1.81. The summed E-state index contributed by atoms with van der Waals surface area (Å²) >= 11 is 0. The van der Waals surface area contributed by atoms with Crippen LogP contribution in [0, 0.1) is 0 Å². The maximum absolute atomic E-state index is 11.8. The molecule has 0 aliphatic heterocycles. The third kappa shape index (κ3) is 2.55. The van der Waals surface area contributed by atoms with Crippen LogP contribution in [0.4, 0.5) is 16.2 Å². The van der Waals surface area contributed by atoms with Gasteiger partial charge in [0.25, 0.3) is 0 Å². The van der Waals surface area contributed by atoms with Crippen LogP contribution in [0.25, 0.3) is 5.52 Å². The first-order valence-electron chi connectivity index (χ1n) is 5.88. The van der Waals surface area contributed by atoms with Crippen molar-refractivity contribution in [3.05, 3.63) is 60.9 Å². The summed E-state index contributed by atoms with van der Waals surface area (Å²) in [5.41, 5.74) is 2.41. The van der Waals surface area contributed by atoms with E-state index in [1.165, 1.54) is 0 Å². The molecule has 94 valence electrons. The zero-order chi connectivity index (χ0) is 13.1. The number of benzene rings is 1. The number of urea groups is 1. The molecule has 0 bridgehead atoms. The predicted molar refractivity (Wildman–Crippen MR) is 74.3 cm³/mol. The smallest absolute Gasteiger partial charge is 0.308 e. The average Bonchev–Trinajstić information content (AvgIpc) is 2.87. The zero-order valence-corrected chi connectivity index (χ0v) is 10.1. The summed E-state index contributed by atoms with van der Waals surface area (Å²) < 4.78 is 1.74. The maximum atomic E-state index is 11.8. The van der Waals surface area contributed by atoms with Gasteiger partial charge >= 0.3 is 6.03 Å². The molecule has 3 rings (SSSR count). The van der Waals surface area contributed by atoms with Gasteiger partial charge in [-0.25, -0.2) is 9.31 Å². The van der Waals surface area contributed by atoms with E-state index in [1.807, 2.05) is 42.5 Å². The second kappa shape index (κ2) is 4.81. The number of anilines is 2. The molecule has 0 spiro atoms. The summed E-state index contributed by atoms with van der Waals surface area (Å²) in [6.45, 7) is 0. The topological polar surface area (TPSA) is 58.4 Å². The molecular weight excluding hydrogens is 240 g/mol. The van der Waals surface area contributed by atoms with Crippen LogP contribution in [-0.4, -0.2) is 15.6 Å². The molecule has 5 nitrogen and oxygen atoms in total. The van der Waals surface area contributed by atoms with Crippen molar-refractivity contribution in [3.63, 3.8) is 0 Å². The van der Waals surface area contributed by atoms with E-state index in [2.05, 4.69) is 15.7 Å². The molecule has 0 unspecified atom stereocenters. The Balaban J connectivity index is 1.72. The highest BCUT2D eigenvalue weighted by Crippen LogP contribution is 2.12. The van der Waals surface area contributed by atoms with Gasteiger partial charge < -0.3 is 10.6 Å². The van der Waals surface area contributed by atoms with Gasteiger partial charge in [-0.3, -0.25) is 0 Å². The molecule has 0 aliphatic rings. The van der Waals surface area contributed by atoms with Gasteiger partial charge in [0.1, 0.15) is 0 Å². The van der Waals surface area contributed by atoms with Crippen molar-refractivity contribution in [2.75, 3.05) is 10.6 Å². The SMILES string of the molecule is O=C(Nc1ccccc1)Nc1ccn2nccc2c1. The molecule has 2 aromatic heterocycles. The quantitative estimate of drug-likeness (QED) is 0.736. The predicted octanol–water partition coefficient (Wildman–Crippen LogP) is 2.98. The molecule has 1 aromatic carbocycles. The fraction of sp³-hybridized carbons (Fsp3) is 0. The van der Waals surface area contributed by atoms with Crippen LogP contribution in [0.15, 0.2) is 60.9 Å². The number of hydrogen-bond acceptors (Lipinski definition) is 2. The normalized spacial score (nSPS) is 10.3. The minimum atomic E-state index is -0.268. The molecule has 0 saturated heterocycles. The minimum absolute atomic E-state index is 0.268. The summed E-state index contributed by atoms with van der Waals surface area (Å²) in [5, 5.41) is 9.64. The second-order valence-electron chi connectivity index (χ2n) is 4.06. The van der Waals surface area contributed by atoms with E-state index in [0.29, 0.717) is 0 Å². The van der Waals surface area contributed by atoms with Gasteiger partial charge in [-0.15, -0.1) is 0 Å². The maximum Gasteiger partial charge on any atom is 0.323 e. The lowest BCUT2D eigenvalue weighted by Gasteiger charge is -2.07. The van der Waals surface area contributed by atoms with Crippen LogP contribution >= 0.6 is 0 Å². The molecule has 19 heavy (non-hydrogen) atoms. The molecular formula is C14H12N4O. The number of carbonyl (C=O) groups is 1. The number of carbonyl (C=O) groups excluding carboxylic acids is 1. The summed E-state index contributed by atoms with van der Waals surface area (Å²) in [6, 6.07) is 14.6. The minimum Gasteiger partial charge on any atom is -0.308 e. The summed E-state index contributed by atoms with van der Waals surface area (Å²) in [6.07, 6.45) is 3.51. The van der Waals surface area contributed by atoms with E-state index in [9.17, 15) is 4.79 Å². The van der Waals surface area contributed by atoms with Crippen LogP contribution in [0.5, 0.6) is 0 Å². The Bertz CT molecular complexity index is 706. The van der Waals surface area contributed by atoms with E-state index < -0.39 is 0 Å². The molecule has 3 aromatic rings. The molecule has 2 amide bonds. The summed E-state index contributed by atoms with van der Waals surface area (Å²) in [5.74, 6) is 0. The van der Waals surface area contributed by atoms with E-state index in [-0.39, 0.29) is 6.03 Å². The number of para-hydroxylation sites is 1. The van der Waals surface area contributed by atoms with E-state index in [4.69, 9.17) is 0 Å². The Morgan fingerprint density at radius 1 is 1.00 bits per heavy atom. The van der Waals surface area contributed by atoms with Crippen LogP contribution in [-0.2, 0) is 0 Å². The summed E-state index contributed by atoms with van der Waals surface area (Å²) in [4.78, 5) is 11.8. The van der Waals surface area contributed by atoms with Crippen LogP contribution in [0.3, 0.4) is 0 Å². The van der Waals surface area contributed by atoms with Crippen LogP contribution in [0.2, 0.25) is 0 Å². The number of nitrogens with zero attached hydrogens (tertiary/aromatic N) is 2. The van der Waals surface area contributed by atoms with Crippen molar-refractivity contribution in [1.82, 2.24) is 9.61 Å². The largest absolute Gasteiger partial charge is 0.323 e. The first-order chi connectivity index (χ1) is 9.31. The van der Waals surface area contributed by atoms with Crippen molar-refractivity contribution in [3.8, 4) is 0 Å². The standard InChI is InChI=1S/C14H12N4O/c19-14(16-11-4-2-1-3-5-11)17-12-7-9-18-13(10-12)6-8-15-18/h1-10H,(H2,16,17,19). The monoisotopic (exact) mass is 252 g/mol. The number of nitrogens with one attached hydrogen (secondary N) is 2. The zero-order valence-electron chi connectivity index (χ0n) is 10.1. The molecule has 0 fully saturated rings. The van der Waals surface area contributed by atoms with Gasteiger partial charge in [0.2, 0.25) is 0 Å². The Morgan fingerprint density at radius 3 is 2.63 bits per heavy atom. The number of amides is 2. The third-order valence-electron chi connectivity index (χ3n) is 2.69. The Kier molecular flexibility index (Phi) is 2.86. The lowest BCUT2D eigenvalue weighted by Crippen LogP contribution is -2.19. The van der Waals surface area contributed by atoms with Crippen LogP contribution in [0.1, 0.15) is 0 Å². The molecule has 0 aliphatic carbocycles. The first-order valence-corrected chi connectivity index (χ1v) is 5.88. The molecule has 2 N–H and O–H groups in total. The van der Waals surface area contributed by atoms with Gasteiger partial charge in [0.15, 0.2) is 0 Å². The fourth-order valence-corrected chi connectivity index (χ4v) is 1.81. The lowest BCUT2D eigenvalue weighted by molar-refractivity contribution is 0.262. The van der Waals surface area contributed by atoms with Crippen molar-refractivity contribution in [2.24, 2.45) is 0 Å². The third-order valence-corrected chi connectivity index (χ3v) is 2.69. The molecule has 0 atom stereocenters. The van der Waals surface area contributed by atoms with Gasteiger partial charge in [-0.2, -0.15) is 5.10 Å². The van der Waals surface area contributed by atoms with Gasteiger partial charge in [0.05, 0.1) is 5.52 Å². The lowest BCUT2D eigenvalue weighted by atomic mass is 10.3. The van der Waals surface area contributed by atoms with Crippen molar-refractivity contribution in [2.45, 2.75) is 0 Å². The van der Waals surface area contributed by atoms with Gasteiger partial charge in [-0.1, -0.05) is 18.2 Å². The van der Waals surface area contributed by atoms with Gasteiger partial charge in [0, 0.05) is 23.8 Å². The van der Waals surface area contributed by atoms with Gasteiger partial charge in [-0.05, 0) is 30.3 Å². The van der Waals surface area contributed by atoms with E-state index in [0.717, 1.165) is 16.9 Å². The number of hydrogen-bond donors (Lipinski definition) is 2. The molecule has 5 heteroatoms. The average molecular weight is 252 g/mol. The number of fused-ring (bicyclic) bond motifs is 1. The summed E-state index contributed by atoms with van der Waals surface area (Å²) in [7, 11) is 0. The second-order valence-corrected chi connectivity index (χ2v) is 4.06. The van der Waals surface area contributed by atoms with Crippen molar-refractivity contribution >= 4 is 22.9 Å². The Hall–Kier alpha value is -2.82. The van der Waals surface area contributed by atoms with Crippen molar-refractivity contribution in [1.29, 1.82) is 0 Å². The number of pyridine rings is 1. The van der Waals surface area contributed by atoms with E-state index >= 15 is 0 Å². The highest BCUT2D eigenvalue weighted by molar-refractivity contribution is 5.99. The highest BCUT2D eigenvalue weighted by atomic mass is 16.2. The first kappa shape index (κ1) is 11.3. The Labute approximate surface area is 109 Å². The molecule has 0 saturated carbocycles.